The zero-order valence-electron chi connectivity index (χ0n) is 16.1. The zero-order chi connectivity index (χ0) is 19.4. The van der Waals surface area contributed by atoms with Crippen molar-refractivity contribution in [2.75, 3.05) is 7.11 Å². The Morgan fingerprint density at radius 2 is 1.52 bits per heavy atom. The molecule has 3 heteroatoms. The lowest BCUT2D eigenvalue weighted by Crippen LogP contribution is -2.18. The van der Waals surface area contributed by atoms with Gasteiger partial charge in [-0.25, -0.2) is 0 Å². The van der Waals surface area contributed by atoms with Crippen molar-refractivity contribution >= 4 is 0 Å². The summed E-state index contributed by atoms with van der Waals surface area (Å²) in [6, 6.07) is 21.1. The number of benzene rings is 3. The van der Waals surface area contributed by atoms with Gasteiger partial charge in [-0.05, 0) is 53.6 Å². The minimum absolute atomic E-state index is 0.167. The molecule has 0 unspecified atom stereocenters. The number of aromatic hydroxyl groups is 2. The molecule has 0 saturated heterocycles. The highest BCUT2D eigenvalue weighted by atomic mass is 16.5. The van der Waals surface area contributed by atoms with Gasteiger partial charge in [0.1, 0.15) is 17.2 Å². The molecule has 0 aliphatic heterocycles. The van der Waals surface area contributed by atoms with E-state index < -0.39 is 0 Å². The summed E-state index contributed by atoms with van der Waals surface area (Å²) in [7, 11) is 1.62. The van der Waals surface area contributed by atoms with Crippen LogP contribution in [0.2, 0.25) is 0 Å². The highest BCUT2D eigenvalue weighted by Crippen LogP contribution is 2.42. The van der Waals surface area contributed by atoms with Crippen LogP contribution in [-0.4, -0.2) is 17.3 Å². The predicted octanol–water partition coefficient (Wildman–Crippen LogP) is 5.68. The number of phenolic OH excluding ortho intramolecular Hbond substituents is 2. The first kappa shape index (κ1) is 18.8. The molecule has 0 saturated carbocycles. The Morgan fingerprint density at radius 3 is 2.15 bits per heavy atom. The topological polar surface area (TPSA) is 49.7 Å². The van der Waals surface area contributed by atoms with Gasteiger partial charge in [0, 0.05) is 11.1 Å². The van der Waals surface area contributed by atoms with Crippen LogP contribution in [0.25, 0.3) is 11.1 Å². The summed E-state index contributed by atoms with van der Waals surface area (Å²) in [5.41, 5.74) is 3.20. The Balaban J connectivity index is 1.86. The fourth-order valence-electron chi connectivity index (χ4n) is 3.36. The van der Waals surface area contributed by atoms with Crippen molar-refractivity contribution in [3.63, 3.8) is 0 Å². The third-order valence-corrected chi connectivity index (χ3v) is 5.13. The van der Waals surface area contributed by atoms with Crippen LogP contribution in [0.4, 0.5) is 0 Å². The highest BCUT2D eigenvalue weighted by molar-refractivity contribution is 5.73. The Morgan fingerprint density at radius 1 is 0.852 bits per heavy atom. The van der Waals surface area contributed by atoms with Gasteiger partial charge in [0.15, 0.2) is 0 Å². The number of aryl methyl sites for hydroxylation is 1. The second-order valence-electron chi connectivity index (χ2n) is 7.48. The van der Waals surface area contributed by atoms with Gasteiger partial charge in [0.2, 0.25) is 0 Å². The van der Waals surface area contributed by atoms with E-state index in [1.807, 2.05) is 42.5 Å². The van der Waals surface area contributed by atoms with Crippen molar-refractivity contribution in [2.24, 2.45) is 0 Å². The van der Waals surface area contributed by atoms with Gasteiger partial charge in [-0.3, -0.25) is 0 Å². The Hall–Kier alpha value is -2.94. The number of rotatable bonds is 6. The first-order valence-corrected chi connectivity index (χ1v) is 9.15. The molecule has 0 amide bonds. The smallest absolute Gasteiger partial charge is 0.123 e. The van der Waals surface area contributed by atoms with Crippen LogP contribution in [0.5, 0.6) is 17.2 Å². The third-order valence-electron chi connectivity index (χ3n) is 5.13. The molecule has 0 bridgehead atoms. The van der Waals surface area contributed by atoms with Gasteiger partial charge in [-0.1, -0.05) is 56.3 Å². The average molecular weight is 362 g/mol. The second kappa shape index (κ2) is 7.75. The largest absolute Gasteiger partial charge is 0.508 e. The molecule has 0 heterocycles. The number of phenols is 2. The lowest BCUT2D eigenvalue weighted by atomic mass is 9.78. The quantitative estimate of drug-likeness (QED) is 0.554. The first-order chi connectivity index (χ1) is 12.9. The zero-order valence-corrected chi connectivity index (χ0v) is 16.1. The van der Waals surface area contributed by atoms with Crippen LogP contribution in [0.15, 0.2) is 66.7 Å². The SMILES string of the molecule is COc1ccc(-c2cc(O)c(C(C)(C)CCc3ccccc3)cc2O)cc1. The van der Waals surface area contributed by atoms with Gasteiger partial charge in [-0.15, -0.1) is 0 Å². The molecule has 3 aromatic rings. The lowest BCUT2D eigenvalue weighted by Gasteiger charge is -2.27. The lowest BCUT2D eigenvalue weighted by molar-refractivity contribution is 0.412. The molecule has 0 radical (unpaired) electrons. The molecular formula is C24H26O3. The predicted molar refractivity (Wildman–Crippen MR) is 110 cm³/mol. The maximum atomic E-state index is 10.7. The molecular weight excluding hydrogens is 336 g/mol. The minimum Gasteiger partial charge on any atom is -0.508 e. The summed E-state index contributed by atoms with van der Waals surface area (Å²) >= 11 is 0. The van der Waals surface area contributed by atoms with Crippen molar-refractivity contribution in [3.8, 4) is 28.4 Å². The van der Waals surface area contributed by atoms with Crippen LogP contribution in [0.1, 0.15) is 31.4 Å². The van der Waals surface area contributed by atoms with E-state index in [-0.39, 0.29) is 16.9 Å². The van der Waals surface area contributed by atoms with Gasteiger partial charge >= 0.3 is 0 Å². The highest BCUT2D eigenvalue weighted by Gasteiger charge is 2.25. The van der Waals surface area contributed by atoms with E-state index in [1.54, 1.807) is 19.2 Å². The molecule has 0 spiro atoms. The van der Waals surface area contributed by atoms with Gasteiger partial charge in [0.25, 0.3) is 0 Å². The normalized spacial score (nSPS) is 11.4. The van der Waals surface area contributed by atoms with E-state index in [9.17, 15) is 10.2 Å². The van der Waals surface area contributed by atoms with Crippen molar-refractivity contribution in [2.45, 2.75) is 32.1 Å². The fourth-order valence-corrected chi connectivity index (χ4v) is 3.36. The Kier molecular flexibility index (Phi) is 5.41. The van der Waals surface area contributed by atoms with Crippen LogP contribution in [0, 0.1) is 0 Å². The molecule has 3 nitrogen and oxygen atoms in total. The number of ether oxygens (including phenoxy) is 1. The second-order valence-corrected chi connectivity index (χ2v) is 7.48. The van der Waals surface area contributed by atoms with E-state index in [2.05, 4.69) is 26.0 Å². The van der Waals surface area contributed by atoms with Crippen molar-refractivity contribution in [1.82, 2.24) is 0 Å². The number of hydrogen-bond donors (Lipinski definition) is 2. The van der Waals surface area contributed by atoms with Crippen LogP contribution >= 0.6 is 0 Å². The monoisotopic (exact) mass is 362 g/mol. The maximum Gasteiger partial charge on any atom is 0.123 e. The average Bonchev–Trinajstić information content (AvgIpc) is 2.69. The summed E-state index contributed by atoms with van der Waals surface area (Å²) < 4.78 is 5.17. The molecule has 27 heavy (non-hydrogen) atoms. The fraction of sp³-hybridized carbons (Fsp3) is 0.250. The molecule has 0 aliphatic carbocycles. The summed E-state index contributed by atoms with van der Waals surface area (Å²) in [6.45, 7) is 4.19. The Bertz CT molecular complexity index is 897. The summed E-state index contributed by atoms with van der Waals surface area (Å²) in [5.74, 6) is 1.12. The molecule has 0 fully saturated rings. The van der Waals surface area contributed by atoms with Crippen molar-refractivity contribution in [3.05, 3.63) is 77.9 Å². The summed E-state index contributed by atoms with van der Waals surface area (Å²) in [6.07, 6.45) is 1.78. The van der Waals surface area contributed by atoms with Crippen LogP contribution < -0.4 is 4.74 Å². The molecule has 3 rings (SSSR count). The van der Waals surface area contributed by atoms with E-state index in [4.69, 9.17) is 4.74 Å². The molecule has 140 valence electrons. The third kappa shape index (κ3) is 4.25. The Labute approximate surface area is 160 Å². The van der Waals surface area contributed by atoms with E-state index in [0.29, 0.717) is 5.56 Å². The minimum atomic E-state index is -0.268. The van der Waals surface area contributed by atoms with Gasteiger partial charge in [-0.2, -0.15) is 0 Å². The van der Waals surface area contributed by atoms with E-state index in [1.165, 1.54) is 5.56 Å². The first-order valence-electron chi connectivity index (χ1n) is 9.15. The summed E-state index contributed by atoms with van der Waals surface area (Å²) in [5, 5.41) is 21.3. The molecule has 3 aromatic carbocycles. The maximum absolute atomic E-state index is 10.7. The number of methoxy groups -OCH3 is 1. The number of hydrogen-bond acceptors (Lipinski definition) is 3. The molecule has 2 N–H and O–H groups in total. The van der Waals surface area contributed by atoms with E-state index in [0.717, 1.165) is 29.7 Å². The summed E-state index contributed by atoms with van der Waals surface area (Å²) in [4.78, 5) is 0. The van der Waals surface area contributed by atoms with Crippen molar-refractivity contribution in [1.29, 1.82) is 0 Å². The van der Waals surface area contributed by atoms with Crippen molar-refractivity contribution < 1.29 is 14.9 Å². The van der Waals surface area contributed by atoms with Gasteiger partial charge < -0.3 is 14.9 Å². The van der Waals surface area contributed by atoms with Crippen LogP contribution in [0.3, 0.4) is 0 Å². The van der Waals surface area contributed by atoms with Crippen LogP contribution in [-0.2, 0) is 11.8 Å². The molecule has 0 aliphatic rings. The standard InChI is InChI=1S/C24H26O3/c1-24(2,14-13-17-7-5-4-6-8-17)21-16-22(25)20(15-23(21)26)18-9-11-19(27-3)12-10-18/h4-12,15-16,25-26H,13-14H2,1-3H3. The molecule has 0 aromatic heterocycles. The molecule has 0 atom stereocenters. The van der Waals surface area contributed by atoms with E-state index >= 15 is 0 Å². The van der Waals surface area contributed by atoms with Gasteiger partial charge in [0.05, 0.1) is 7.11 Å².